The minimum absolute atomic E-state index is 0.00319. The normalized spacial score (nSPS) is 12.6. The van der Waals surface area contributed by atoms with Crippen LogP contribution in [0.15, 0.2) is 49.1 Å². The summed E-state index contributed by atoms with van der Waals surface area (Å²) < 4.78 is 0. The van der Waals surface area contributed by atoms with E-state index in [0.29, 0.717) is 11.1 Å². The molecule has 202 valence electrons. The monoisotopic (exact) mass is 512 g/mol. The smallest absolute Gasteiger partial charge is 0.252 e. The summed E-state index contributed by atoms with van der Waals surface area (Å²) in [4.78, 5) is 55.1. The Kier molecular flexibility index (Phi) is 12.4. The van der Waals surface area contributed by atoms with Crippen LogP contribution in [0, 0.1) is 11.8 Å². The lowest BCUT2D eigenvalue weighted by molar-refractivity contribution is -0.125. The van der Waals surface area contributed by atoms with Gasteiger partial charge in [-0.15, -0.1) is 0 Å². The molecule has 0 aliphatic rings. The Bertz CT molecular complexity index is 1030. The van der Waals surface area contributed by atoms with Gasteiger partial charge in [-0.25, -0.2) is 0 Å². The Morgan fingerprint density at radius 2 is 1.16 bits per heavy atom. The molecule has 0 aliphatic heterocycles. The van der Waals surface area contributed by atoms with Gasteiger partial charge in [0.1, 0.15) is 12.1 Å². The average molecular weight is 513 g/mol. The Hall–Kier alpha value is -3.82. The molecule has 5 N–H and O–H groups in total. The van der Waals surface area contributed by atoms with Crippen LogP contribution in [-0.4, -0.2) is 51.2 Å². The van der Waals surface area contributed by atoms with Gasteiger partial charge in [-0.3, -0.25) is 29.1 Å². The molecule has 0 aliphatic carbocycles. The number of hydrogen-bond donors (Lipinski definition) is 4. The number of carbonyl (C=O) groups is 4. The van der Waals surface area contributed by atoms with Crippen LogP contribution >= 0.6 is 0 Å². The molecule has 2 unspecified atom stereocenters. The molecule has 2 rings (SSSR count). The number of nitrogens with zero attached hydrogens (tertiary/aromatic N) is 2. The number of pyridine rings is 2. The number of hydrogen-bond acceptors (Lipinski definition) is 6. The highest BCUT2D eigenvalue weighted by atomic mass is 16.2. The molecule has 0 saturated carbocycles. The zero-order chi connectivity index (χ0) is 28.2. The molecule has 2 aromatic heterocycles. The number of rotatable bonds is 10. The van der Waals surface area contributed by atoms with Crippen LogP contribution in [0.4, 0.5) is 0 Å². The van der Waals surface area contributed by atoms with Crippen molar-refractivity contribution >= 4 is 23.6 Å². The van der Waals surface area contributed by atoms with E-state index in [0.717, 1.165) is 6.42 Å². The molecule has 0 bridgehead atoms. The van der Waals surface area contributed by atoms with Gasteiger partial charge >= 0.3 is 0 Å². The van der Waals surface area contributed by atoms with Crippen molar-refractivity contribution in [2.24, 2.45) is 17.6 Å². The van der Waals surface area contributed by atoms with E-state index in [9.17, 15) is 19.2 Å². The summed E-state index contributed by atoms with van der Waals surface area (Å²) in [7, 11) is 0. The summed E-state index contributed by atoms with van der Waals surface area (Å²) in [6.07, 6.45) is 6.97. The summed E-state index contributed by atoms with van der Waals surface area (Å²) in [6.45, 7) is 13.4. The maximum atomic E-state index is 12.4. The van der Waals surface area contributed by atoms with Gasteiger partial charge in [0, 0.05) is 41.5 Å². The van der Waals surface area contributed by atoms with Crippen LogP contribution in [0.5, 0.6) is 0 Å². The molecule has 37 heavy (non-hydrogen) atoms. The highest BCUT2D eigenvalue weighted by molar-refractivity contribution is 5.98. The van der Waals surface area contributed by atoms with E-state index >= 15 is 0 Å². The topological polar surface area (TPSA) is 156 Å². The SMILES string of the molecule is CC(C)C(NC(=O)c1ccncc1)C(N)=O.CCC(C)(C)NC(=O)C(NC(=O)c1ccncc1)C(C)C. The van der Waals surface area contributed by atoms with Crippen LogP contribution in [0.3, 0.4) is 0 Å². The lowest BCUT2D eigenvalue weighted by Gasteiger charge is -2.29. The number of primary amides is 1. The van der Waals surface area contributed by atoms with Crippen molar-refractivity contribution in [2.45, 2.75) is 72.5 Å². The first-order valence-corrected chi connectivity index (χ1v) is 12.3. The van der Waals surface area contributed by atoms with Crippen LogP contribution in [0.25, 0.3) is 0 Å². The van der Waals surface area contributed by atoms with Crippen molar-refractivity contribution in [3.8, 4) is 0 Å². The number of nitrogens with two attached hydrogens (primary N) is 1. The number of amides is 4. The fourth-order valence-electron chi connectivity index (χ4n) is 3.06. The zero-order valence-electron chi connectivity index (χ0n) is 22.7. The van der Waals surface area contributed by atoms with Crippen molar-refractivity contribution in [2.75, 3.05) is 0 Å². The molecule has 0 saturated heterocycles. The first-order valence-electron chi connectivity index (χ1n) is 12.3. The second-order valence-electron chi connectivity index (χ2n) is 9.99. The van der Waals surface area contributed by atoms with Gasteiger partial charge in [-0.1, -0.05) is 34.6 Å². The van der Waals surface area contributed by atoms with E-state index in [2.05, 4.69) is 25.9 Å². The molecule has 4 amide bonds. The predicted octanol–water partition coefficient (Wildman–Crippen LogP) is 2.46. The van der Waals surface area contributed by atoms with Crippen molar-refractivity contribution < 1.29 is 19.2 Å². The van der Waals surface area contributed by atoms with E-state index in [4.69, 9.17) is 5.73 Å². The molecule has 2 atom stereocenters. The third-order valence-electron chi connectivity index (χ3n) is 5.73. The summed E-state index contributed by atoms with van der Waals surface area (Å²) in [5.41, 5.74) is 5.87. The number of aromatic nitrogens is 2. The van der Waals surface area contributed by atoms with Crippen molar-refractivity contribution in [3.05, 3.63) is 60.2 Å². The van der Waals surface area contributed by atoms with Crippen molar-refractivity contribution in [1.29, 1.82) is 0 Å². The molecule has 0 spiro atoms. The Balaban J connectivity index is 0.000000384. The second-order valence-corrected chi connectivity index (χ2v) is 9.99. The zero-order valence-corrected chi connectivity index (χ0v) is 22.7. The van der Waals surface area contributed by atoms with Crippen LogP contribution in [0.1, 0.15) is 75.6 Å². The van der Waals surface area contributed by atoms with E-state index < -0.39 is 18.0 Å². The number of carbonyl (C=O) groups excluding carboxylic acids is 4. The molecule has 10 nitrogen and oxygen atoms in total. The maximum Gasteiger partial charge on any atom is 0.252 e. The van der Waals surface area contributed by atoms with Crippen LogP contribution in [-0.2, 0) is 9.59 Å². The minimum Gasteiger partial charge on any atom is -0.368 e. The van der Waals surface area contributed by atoms with Gasteiger partial charge < -0.3 is 21.7 Å². The Morgan fingerprint density at radius 1 is 0.784 bits per heavy atom. The van der Waals surface area contributed by atoms with Gasteiger partial charge in [-0.05, 0) is 56.4 Å². The van der Waals surface area contributed by atoms with E-state index in [1.165, 1.54) is 12.4 Å². The molecule has 0 radical (unpaired) electrons. The molecule has 10 heteroatoms. The van der Waals surface area contributed by atoms with Gasteiger partial charge in [0.25, 0.3) is 11.8 Å². The lowest BCUT2D eigenvalue weighted by atomic mass is 9.98. The fraction of sp³-hybridized carbons (Fsp3) is 0.481. The standard InChI is InChI=1S/C16H25N3O2.C11H15N3O2/c1-6-16(4,5)19-15(21)13(11(2)3)18-14(20)12-7-9-17-10-8-12;1-7(2)9(10(12)15)14-11(16)8-3-5-13-6-4-8/h7-11,13H,6H2,1-5H3,(H,18,20)(H,19,21);3-7,9H,1-2H3,(H2,12,15)(H,14,16). The quantitative estimate of drug-likeness (QED) is 0.383. The largest absolute Gasteiger partial charge is 0.368 e. The average Bonchev–Trinajstić information content (AvgIpc) is 2.86. The molecule has 0 aromatic carbocycles. The summed E-state index contributed by atoms with van der Waals surface area (Å²) in [5, 5.41) is 8.37. The first-order chi connectivity index (χ1) is 17.3. The summed E-state index contributed by atoms with van der Waals surface area (Å²) in [5.74, 6) is -1.30. The first kappa shape index (κ1) is 31.2. The van der Waals surface area contributed by atoms with Crippen molar-refractivity contribution in [3.63, 3.8) is 0 Å². The third-order valence-corrected chi connectivity index (χ3v) is 5.73. The summed E-state index contributed by atoms with van der Waals surface area (Å²) in [6, 6.07) is 5.19. The highest BCUT2D eigenvalue weighted by Gasteiger charge is 2.28. The highest BCUT2D eigenvalue weighted by Crippen LogP contribution is 2.11. The molecule has 2 heterocycles. The van der Waals surface area contributed by atoms with Gasteiger partial charge in [-0.2, -0.15) is 0 Å². The Labute approximate surface area is 219 Å². The lowest BCUT2D eigenvalue weighted by Crippen LogP contribution is -2.54. The number of nitrogens with one attached hydrogen (secondary N) is 3. The van der Waals surface area contributed by atoms with Gasteiger partial charge in [0.15, 0.2) is 0 Å². The van der Waals surface area contributed by atoms with Crippen molar-refractivity contribution in [1.82, 2.24) is 25.9 Å². The summed E-state index contributed by atoms with van der Waals surface area (Å²) >= 11 is 0. The minimum atomic E-state index is -0.652. The third kappa shape index (κ3) is 10.8. The molecular weight excluding hydrogens is 472 g/mol. The van der Waals surface area contributed by atoms with Gasteiger partial charge in [0.2, 0.25) is 11.8 Å². The van der Waals surface area contributed by atoms with E-state index in [1.54, 1.807) is 36.7 Å². The predicted molar refractivity (Wildman–Crippen MR) is 142 cm³/mol. The van der Waals surface area contributed by atoms with Crippen LogP contribution < -0.4 is 21.7 Å². The molecule has 0 fully saturated rings. The Morgan fingerprint density at radius 3 is 1.49 bits per heavy atom. The molecular formula is C27H40N6O4. The van der Waals surface area contributed by atoms with E-state index in [-0.39, 0.29) is 35.1 Å². The van der Waals surface area contributed by atoms with E-state index in [1.807, 2.05) is 48.5 Å². The maximum absolute atomic E-state index is 12.4. The molecule has 2 aromatic rings. The fourth-order valence-corrected chi connectivity index (χ4v) is 3.06. The van der Waals surface area contributed by atoms with Gasteiger partial charge in [0.05, 0.1) is 0 Å². The van der Waals surface area contributed by atoms with Crippen LogP contribution in [0.2, 0.25) is 0 Å². The second kappa shape index (κ2) is 14.7.